The SMILES string of the molecule is O=C(O)Cc1cc2c(s1)CN(Cc1ccc3c(c1)Nc1nccnc1S3)CC2. The van der Waals surface area contributed by atoms with Crippen LogP contribution in [-0.2, 0) is 30.7 Å². The summed E-state index contributed by atoms with van der Waals surface area (Å²) in [7, 11) is 0. The van der Waals surface area contributed by atoms with Gasteiger partial charge in [0.25, 0.3) is 0 Å². The smallest absolute Gasteiger partial charge is 0.308 e. The molecule has 28 heavy (non-hydrogen) atoms. The molecule has 0 saturated carbocycles. The van der Waals surface area contributed by atoms with Gasteiger partial charge in [-0.05, 0) is 35.7 Å². The van der Waals surface area contributed by atoms with Crippen LogP contribution in [0.3, 0.4) is 0 Å². The van der Waals surface area contributed by atoms with E-state index in [4.69, 9.17) is 5.11 Å². The molecular weight excluding hydrogens is 392 g/mol. The Labute approximate surface area is 170 Å². The van der Waals surface area contributed by atoms with Crippen molar-refractivity contribution in [1.82, 2.24) is 14.9 Å². The second-order valence-corrected chi connectivity index (χ2v) is 9.21. The number of anilines is 2. The Morgan fingerprint density at radius 2 is 2.14 bits per heavy atom. The van der Waals surface area contributed by atoms with Crippen LogP contribution in [0.4, 0.5) is 11.5 Å². The number of hydrogen-bond donors (Lipinski definition) is 2. The van der Waals surface area contributed by atoms with Crippen molar-refractivity contribution in [3.63, 3.8) is 0 Å². The largest absolute Gasteiger partial charge is 0.481 e. The molecule has 4 heterocycles. The van der Waals surface area contributed by atoms with Crippen LogP contribution in [0.1, 0.15) is 20.9 Å². The summed E-state index contributed by atoms with van der Waals surface area (Å²) < 4.78 is 0. The number of nitrogens with one attached hydrogen (secondary N) is 1. The molecule has 0 spiro atoms. The van der Waals surface area contributed by atoms with Crippen molar-refractivity contribution in [3.05, 3.63) is 57.5 Å². The number of benzene rings is 1. The third kappa shape index (κ3) is 3.50. The van der Waals surface area contributed by atoms with E-state index >= 15 is 0 Å². The fourth-order valence-electron chi connectivity index (χ4n) is 3.64. The highest BCUT2D eigenvalue weighted by atomic mass is 32.2. The average molecular weight is 411 g/mol. The first-order valence-corrected chi connectivity index (χ1v) is 10.7. The summed E-state index contributed by atoms with van der Waals surface area (Å²) in [5.41, 5.74) is 3.65. The Morgan fingerprint density at radius 3 is 3.04 bits per heavy atom. The molecule has 142 valence electrons. The van der Waals surface area contributed by atoms with E-state index in [1.54, 1.807) is 35.5 Å². The highest BCUT2D eigenvalue weighted by Gasteiger charge is 2.22. The quantitative estimate of drug-likeness (QED) is 0.528. The first-order valence-electron chi connectivity index (χ1n) is 9.07. The highest BCUT2D eigenvalue weighted by molar-refractivity contribution is 7.99. The molecule has 6 nitrogen and oxygen atoms in total. The van der Waals surface area contributed by atoms with Gasteiger partial charge in [-0.25, -0.2) is 9.97 Å². The maximum Gasteiger partial charge on any atom is 0.308 e. The molecule has 8 heteroatoms. The van der Waals surface area contributed by atoms with Gasteiger partial charge in [0.2, 0.25) is 0 Å². The van der Waals surface area contributed by atoms with E-state index in [9.17, 15) is 4.79 Å². The normalized spacial score (nSPS) is 15.3. The molecule has 3 aromatic rings. The van der Waals surface area contributed by atoms with Gasteiger partial charge >= 0.3 is 5.97 Å². The lowest BCUT2D eigenvalue weighted by molar-refractivity contribution is -0.136. The fourth-order valence-corrected chi connectivity index (χ4v) is 5.77. The van der Waals surface area contributed by atoms with E-state index in [-0.39, 0.29) is 6.42 Å². The van der Waals surface area contributed by atoms with E-state index < -0.39 is 5.97 Å². The number of rotatable bonds is 4. The monoisotopic (exact) mass is 410 g/mol. The molecule has 0 amide bonds. The van der Waals surface area contributed by atoms with Crippen LogP contribution < -0.4 is 5.32 Å². The number of carboxylic acids is 1. The average Bonchev–Trinajstić information content (AvgIpc) is 3.07. The third-order valence-corrected chi connectivity index (χ3v) is 7.14. The van der Waals surface area contributed by atoms with Crippen LogP contribution in [0.2, 0.25) is 0 Å². The molecule has 0 saturated heterocycles. The Kier molecular flexibility index (Phi) is 4.54. The predicted octanol–water partition coefficient (Wildman–Crippen LogP) is 3.93. The van der Waals surface area contributed by atoms with Gasteiger partial charge in [0.15, 0.2) is 5.82 Å². The van der Waals surface area contributed by atoms with Crippen molar-refractivity contribution < 1.29 is 9.90 Å². The Morgan fingerprint density at radius 1 is 1.25 bits per heavy atom. The lowest BCUT2D eigenvalue weighted by Crippen LogP contribution is -2.29. The highest BCUT2D eigenvalue weighted by Crippen LogP contribution is 2.42. The van der Waals surface area contributed by atoms with E-state index in [2.05, 4.69) is 44.5 Å². The number of fused-ring (bicyclic) bond motifs is 3. The van der Waals surface area contributed by atoms with Crippen LogP contribution in [0, 0.1) is 0 Å². The first-order chi connectivity index (χ1) is 13.6. The van der Waals surface area contributed by atoms with Gasteiger partial charge in [-0.2, -0.15) is 0 Å². The molecule has 5 rings (SSSR count). The van der Waals surface area contributed by atoms with Gasteiger partial charge in [-0.1, -0.05) is 17.8 Å². The summed E-state index contributed by atoms with van der Waals surface area (Å²) in [5.74, 6) is 0.0467. The number of aliphatic carboxylic acids is 1. The lowest BCUT2D eigenvalue weighted by atomic mass is 10.1. The standard InChI is InChI=1S/C20H18N4O2S2/c25-18(26)9-14-8-13-3-6-24(11-17(13)27-14)10-12-1-2-16-15(7-12)23-19-20(28-16)22-5-4-21-19/h1-2,4-5,7-8H,3,6,9-11H2,(H,21,23)(H,25,26). The van der Waals surface area contributed by atoms with Crippen molar-refractivity contribution in [1.29, 1.82) is 0 Å². The molecular formula is C20H18N4O2S2. The van der Waals surface area contributed by atoms with Crippen LogP contribution in [-0.4, -0.2) is 32.5 Å². The zero-order valence-electron chi connectivity index (χ0n) is 15.0. The first kappa shape index (κ1) is 17.7. The van der Waals surface area contributed by atoms with Gasteiger partial charge in [-0.15, -0.1) is 11.3 Å². The number of nitrogens with zero attached hydrogens (tertiary/aromatic N) is 3. The van der Waals surface area contributed by atoms with Crippen LogP contribution >= 0.6 is 23.1 Å². The van der Waals surface area contributed by atoms with Crippen LogP contribution in [0.25, 0.3) is 0 Å². The lowest BCUT2D eigenvalue weighted by Gasteiger charge is -2.27. The maximum atomic E-state index is 11.0. The van der Waals surface area contributed by atoms with Gasteiger partial charge < -0.3 is 10.4 Å². The summed E-state index contributed by atoms with van der Waals surface area (Å²) in [5, 5.41) is 13.3. The summed E-state index contributed by atoms with van der Waals surface area (Å²) in [6.07, 6.45) is 4.51. The molecule has 0 atom stereocenters. The minimum absolute atomic E-state index is 0.121. The molecule has 0 unspecified atom stereocenters. The molecule has 1 aromatic carbocycles. The zero-order valence-corrected chi connectivity index (χ0v) is 16.6. The molecule has 2 N–H and O–H groups in total. The molecule has 2 aromatic heterocycles. The summed E-state index contributed by atoms with van der Waals surface area (Å²) in [4.78, 5) is 25.5. The Bertz CT molecular complexity index is 1070. The molecule has 0 radical (unpaired) electrons. The minimum atomic E-state index is -0.763. The van der Waals surface area contributed by atoms with E-state index in [0.717, 1.165) is 52.4 Å². The minimum Gasteiger partial charge on any atom is -0.481 e. The van der Waals surface area contributed by atoms with Crippen molar-refractivity contribution in [3.8, 4) is 0 Å². The number of hydrogen-bond acceptors (Lipinski definition) is 7. The number of aromatic nitrogens is 2. The summed E-state index contributed by atoms with van der Waals surface area (Å²) in [6.45, 7) is 2.75. The second kappa shape index (κ2) is 7.20. The maximum absolute atomic E-state index is 11.0. The van der Waals surface area contributed by atoms with Gasteiger partial charge in [0.1, 0.15) is 5.03 Å². The predicted molar refractivity (Wildman–Crippen MR) is 109 cm³/mol. The number of carboxylic acid groups (broad SMARTS) is 1. The molecule has 0 aliphatic carbocycles. The Hall–Kier alpha value is -2.42. The summed E-state index contributed by atoms with van der Waals surface area (Å²) in [6, 6.07) is 8.59. The van der Waals surface area contributed by atoms with Crippen molar-refractivity contribution in [2.45, 2.75) is 35.9 Å². The molecule has 0 bridgehead atoms. The Balaban J connectivity index is 1.30. The van der Waals surface area contributed by atoms with Gasteiger partial charge in [0, 0.05) is 46.7 Å². The number of carbonyl (C=O) groups is 1. The molecule has 0 fully saturated rings. The van der Waals surface area contributed by atoms with Crippen molar-refractivity contribution in [2.24, 2.45) is 0 Å². The van der Waals surface area contributed by atoms with Gasteiger partial charge in [0.05, 0.1) is 12.1 Å². The second-order valence-electron chi connectivity index (χ2n) is 6.96. The summed E-state index contributed by atoms with van der Waals surface area (Å²) >= 11 is 3.28. The van der Waals surface area contributed by atoms with Gasteiger partial charge in [-0.3, -0.25) is 9.69 Å². The van der Waals surface area contributed by atoms with Crippen molar-refractivity contribution in [2.75, 3.05) is 11.9 Å². The topological polar surface area (TPSA) is 78.4 Å². The number of thiophene rings is 1. The molecule has 2 aliphatic heterocycles. The fraction of sp³-hybridized carbons (Fsp3) is 0.250. The molecule has 2 aliphatic rings. The zero-order chi connectivity index (χ0) is 19.1. The van der Waals surface area contributed by atoms with E-state index in [0.29, 0.717) is 0 Å². The van der Waals surface area contributed by atoms with E-state index in [1.807, 2.05) is 0 Å². The van der Waals surface area contributed by atoms with Crippen molar-refractivity contribution >= 4 is 40.6 Å². The van der Waals surface area contributed by atoms with E-state index in [1.165, 1.54) is 16.0 Å². The van der Waals surface area contributed by atoms with Crippen LogP contribution in [0.15, 0.2) is 46.6 Å². The third-order valence-electron chi connectivity index (χ3n) is 4.91. The van der Waals surface area contributed by atoms with Crippen LogP contribution in [0.5, 0.6) is 0 Å².